The molecule has 21 heavy (non-hydrogen) atoms. The Morgan fingerprint density at radius 3 is 2.57 bits per heavy atom. The third-order valence-corrected chi connectivity index (χ3v) is 4.04. The second-order valence-corrected chi connectivity index (χ2v) is 5.86. The van der Waals surface area contributed by atoms with Crippen LogP contribution in [0.3, 0.4) is 0 Å². The average molecular weight is 297 g/mol. The molecule has 0 unspecified atom stereocenters. The Balaban J connectivity index is 1.87. The van der Waals surface area contributed by atoms with Gasteiger partial charge in [0, 0.05) is 19.8 Å². The molecule has 0 saturated carbocycles. The maximum absolute atomic E-state index is 12.0. The Kier molecular flexibility index (Phi) is 3.58. The van der Waals surface area contributed by atoms with Crippen molar-refractivity contribution in [2.24, 2.45) is 4.99 Å². The minimum absolute atomic E-state index is 0.157. The summed E-state index contributed by atoms with van der Waals surface area (Å²) in [5.41, 5.74) is 2.52. The fourth-order valence-electron chi connectivity index (χ4n) is 2.03. The summed E-state index contributed by atoms with van der Waals surface area (Å²) in [5.74, 6) is 0.473. The van der Waals surface area contributed by atoms with Crippen molar-refractivity contribution in [1.82, 2.24) is 5.32 Å². The molecule has 3 rings (SSSR count). The standard InChI is InChI=1S/C16H15N3OS/c1-19(2)12-7-5-11(6-8-12)10-13-16(20)18-15(17-13)14-4-3-9-21-14/h3-10H,1-2H3,(H,17,18,20)/b13-10+. The molecular weight excluding hydrogens is 282 g/mol. The molecule has 4 nitrogen and oxygen atoms in total. The van der Waals surface area contributed by atoms with E-state index >= 15 is 0 Å². The SMILES string of the molecule is CN(C)c1ccc(/C=C2/N=C(c3cccs3)NC2=O)cc1. The number of carbonyl (C=O) groups is 1. The highest BCUT2D eigenvalue weighted by Crippen LogP contribution is 2.19. The maximum atomic E-state index is 12.0. The molecule has 1 N–H and O–H groups in total. The smallest absolute Gasteiger partial charge is 0.275 e. The van der Waals surface area contributed by atoms with Crippen LogP contribution in [-0.4, -0.2) is 25.8 Å². The molecule has 0 aliphatic carbocycles. The number of rotatable bonds is 3. The lowest BCUT2D eigenvalue weighted by molar-refractivity contribution is -0.115. The molecule has 1 amide bonds. The molecular formula is C16H15N3OS. The van der Waals surface area contributed by atoms with E-state index in [1.54, 1.807) is 17.4 Å². The highest BCUT2D eigenvalue weighted by Gasteiger charge is 2.21. The lowest BCUT2D eigenvalue weighted by Crippen LogP contribution is -2.23. The zero-order valence-corrected chi connectivity index (χ0v) is 12.6. The fraction of sp³-hybridized carbons (Fsp3) is 0.125. The topological polar surface area (TPSA) is 44.7 Å². The second-order valence-electron chi connectivity index (χ2n) is 4.91. The Hall–Kier alpha value is -2.40. The molecule has 0 atom stereocenters. The number of amides is 1. The van der Waals surface area contributed by atoms with E-state index < -0.39 is 0 Å². The van der Waals surface area contributed by atoms with Crippen molar-refractivity contribution in [3.8, 4) is 0 Å². The molecule has 1 aromatic heterocycles. The molecule has 1 aromatic carbocycles. The summed E-state index contributed by atoms with van der Waals surface area (Å²) in [6.07, 6.45) is 1.80. The lowest BCUT2D eigenvalue weighted by Gasteiger charge is -2.11. The Bertz CT molecular complexity index is 712. The van der Waals surface area contributed by atoms with Crippen LogP contribution in [0.1, 0.15) is 10.4 Å². The van der Waals surface area contributed by atoms with Gasteiger partial charge in [-0.15, -0.1) is 11.3 Å². The van der Waals surface area contributed by atoms with E-state index in [0.29, 0.717) is 11.5 Å². The summed E-state index contributed by atoms with van der Waals surface area (Å²) < 4.78 is 0. The zero-order valence-electron chi connectivity index (χ0n) is 11.8. The third-order valence-electron chi connectivity index (χ3n) is 3.16. The summed E-state index contributed by atoms with van der Waals surface area (Å²) in [7, 11) is 3.99. The van der Waals surface area contributed by atoms with Gasteiger partial charge in [-0.2, -0.15) is 0 Å². The van der Waals surface area contributed by atoms with Gasteiger partial charge in [0.25, 0.3) is 5.91 Å². The molecule has 0 radical (unpaired) electrons. The molecule has 1 aliphatic rings. The van der Waals surface area contributed by atoms with E-state index in [1.165, 1.54) is 0 Å². The zero-order chi connectivity index (χ0) is 14.8. The summed E-state index contributed by atoms with van der Waals surface area (Å²) in [4.78, 5) is 19.3. The number of amidine groups is 1. The molecule has 2 heterocycles. The molecule has 0 bridgehead atoms. The van der Waals surface area contributed by atoms with Gasteiger partial charge in [0.15, 0.2) is 5.84 Å². The maximum Gasteiger partial charge on any atom is 0.275 e. The van der Waals surface area contributed by atoms with Gasteiger partial charge in [-0.25, -0.2) is 4.99 Å². The monoisotopic (exact) mass is 297 g/mol. The van der Waals surface area contributed by atoms with Gasteiger partial charge in [0.1, 0.15) is 5.70 Å². The van der Waals surface area contributed by atoms with Crippen LogP contribution in [0, 0.1) is 0 Å². The second kappa shape index (κ2) is 5.54. The number of nitrogens with zero attached hydrogens (tertiary/aromatic N) is 2. The van der Waals surface area contributed by atoms with Crippen LogP contribution in [0.5, 0.6) is 0 Å². The van der Waals surface area contributed by atoms with Gasteiger partial charge in [0.05, 0.1) is 4.88 Å². The van der Waals surface area contributed by atoms with E-state index in [4.69, 9.17) is 0 Å². The first-order valence-electron chi connectivity index (χ1n) is 6.56. The van der Waals surface area contributed by atoms with Crippen LogP contribution in [0.25, 0.3) is 6.08 Å². The third kappa shape index (κ3) is 2.87. The minimum Gasteiger partial charge on any atom is -0.378 e. The van der Waals surface area contributed by atoms with Crippen molar-refractivity contribution < 1.29 is 4.79 Å². The highest BCUT2D eigenvalue weighted by molar-refractivity contribution is 7.12. The van der Waals surface area contributed by atoms with E-state index in [9.17, 15) is 4.79 Å². The van der Waals surface area contributed by atoms with Crippen LogP contribution in [0.15, 0.2) is 52.5 Å². The van der Waals surface area contributed by atoms with Crippen molar-refractivity contribution in [3.63, 3.8) is 0 Å². The Labute approximate surface area is 127 Å². The van der Waals surface area contributed by atoms with Crippen LogP contribution < -0.4 is 10.2 Å². The molecule has 0 saturated heterocycles. The lowest BCUT2D eigenvalue weighted by atomic mass is 10.1. The first-order chi connectivity index (χ1) is 10.1. The quantitative estimate of drug-likeness (QED) is 0.885. The summed E-state index contributed by atoms with van der Waals surface area (Å²) >= 11 is 1.56. The molecule has 0 fully saturated rings. The van der Waals surface area contributed by atoms with Crippen molar-refractivity contribution in [2.75, 3.05) is 19.0 Å². The normalized spacial score (nSPS) is 16.0. The predicted octanol–water partition coefficient (Wildman–Crippen LogP) is 2.73. The van der Waals surface area contributed by atoms with Gasteiger partial charge in [-0.3, -0.25) is 4.79 Å². The van der Waals surface area contributed by atoms with Crippen LogP contribution >= 0.6 is 11.3 Å². The summed E-state index contributed by atoms with van der Waals surface area (Å²) in [5, 5.41) is 4.77. The fourth-order valence-corrected chi connectivity index (χ4v) is 2.69. The first-order valence-corrected chi connectivity index (χ1v) is 7.44. The van der Waals surface area contributed by atoms with Gasteiger partial charge < -0.3 is 10.2 Å². The van der Waals surface area contributed by atoms with Crippen molar-refractivity contribution >= 4 is 34.8 Å². The molecule has 5 heteroatoms. The number of thiophene rings is 1. The number of benzene rings is 1. The van der Waals surface area contributed by atoms with Crippen LogP contribution in [-0.2, 0) is 4.79 Å². The first kappa shape index (κ1) is 13.6. The number of nitrogens with one attached hydrogen (secondary N) is 1. The van der Waals surface area contributed by atoms with Gasteiger partial charge >= 0.3 is 0 Å². The van der Waals surface area contributed by atoms with Crippen LogP contribution in [0.2, 0.25) is 0 Å². The number of carbonyl (C=O) groups excluding carboxylic acids is 1. The van der Waals surface area contributed by atoms with Gasteiger partial charge in [-0.05, 0) is 35.2 Å². The van der Waals surface area contributed by atoms with Crippen LogP contribution in [0.4, 0.5) is 5.69 Å². The number of hydrogen-bond acceptors (Lipinski definition) is 4. The molecule has 1 aliphatic heterocycles. The number of anilines is 1. The van der Waals surface area contributed by atoms with E-state index in [2.05, 4.69) is 10.3 Å². The van der Waals surface area contributed by atoms with E-state index in [0.717, 1.165) is 16.1 Å². The Morgan fingerprint density at radius 2 is 1.95 bits per heavy atom. The van der Waals surface area contributed by atoms with Crippen molar-refractivity contribution in [1.29, 1.82) is 0 Å². The predicted molar refractivity (Wildman–Crippen MR) is 87.7 cm³/mol. The van der Waals surface area contributed by atoms with Crippen molar-refractivity contribution in [2.45, 2.75) is 0 Å². The van der Waals surface area contributed by atoms with Gasteiger partial charge in [-0.1, -0.05) is 18.2 Å². The molecule has 106 valence electrons. The van der Waals surface area contributed by atoms with E-state index in [-0.39, 0.29) is 5.91 Å². The van der Waals surface area contributed by atoms with Gasteiger partial charge in [0.2, 0.25) is 0 Å². The Morgan fingerprint density at radius 1 is 1.19 bits per heavy atom. The highest BCUT2D eigenvalue weighted by atomic mass is 32.1. The average Bonchev–Trinajstić information content (AvgIpc) is 3.10. The number of aliphatic imine (C=N–C) groups is 1. The molecule has 0 spiro atoms. The largest absolute Gasteiger partial charge is 0.378 e. The molecule has 2 aromatic rings. The minimum atomic E-state index is -0.157. The van der Waals surface area contributed by atoms with E-state index in [1.807, 2.05) is 60.8 Å². The number of hydrogen-bond donors (Lipinski definition) is 1. The summed E-state index contributed by atoms with van der Waals surface area (Å²) in [6.45, 7) is 0. The summed E-state index contributed by atoms with van der Waals surface area (Å²) in [6, 6.07) is 11.9. The van der Waals surface area contributed by atoms with Crippen molar-refractivity contribution in [3.05, 3.63) is 57.9 Å².